The van der Waals surface area contributed by atoms with Crippen molar-refractivity contribution in [3.8, 4) is 28.2 Å². The molecule has 0 fully saturated rings. The van der Waals surface area contributed by atoms with Gasteiger partial charge in [-0.25, -0.2) is 4.98 Å². The lowest BCUT2D eigenvalue weighted by atomic mass is 9.90. The fourth-order valence-electron chi connectivity index (χ4n) is 3.67. The second-order valence-electron chi connectivity index (χ2n) is 6.92. The molecule has 0 radical (unpaired) electrons. The fourth-order valence-corrected chi connectivity index (χ4v) is 3.67. The van der Waals surface area contributed by atoms with Crippen molar-refractivity contribution in [1.82, 2.24) is 14.5 Å². The molecule has 0 bridgehead atoms. The minimum atomic E-state index is 0.946. The molecule has 0 atom stereocenters. The highest BCUT2D eigenvalue weighted by Crippen LogP contribution is 2.30. The van der Waals surface area contributed by atoms with Crippen LogP contribution in [0, 0.1) is 0 Å². The van der Waals surface area contributed by atoms with Gasteiger partial charge in [0.25, 0.3) is 0 Å². The Morgan fingerprint density at radius 1 is 0.714 bits per heavy atom. The molecule has 0 aliphatic rings. The molecule has 28 heavy (non-hydrogen) atoms. The van der Waals surface area contributed by atoms with E-state index in [0.717, 1.165) is 39.2 Å². The topological polar surface area (TPSA) is 30.7 Å². The molecular weight excluding hydrogens is 341 g/mol. The average Bonchev–Trinajstić information content (AvgIpc) is 3.14. The van der Waals surface area contributed by atoms with Crippen LogP contribution in [0.1, 0.15) is 0 Å². The van der Waals surface area contributed by atoms with Gasteiger partial charge in [-0.2, -0.15) is 0 Å². The Morgan fingerprint density at radius 2 is 1.50 bits per heavy atom. The van der Waals surface area contributed by atoms with Crippen LogP contribution in [-0.2, 0) is 0 Å². The zero-order valence-corrected chi connectivity index (χ0v) is 15.6. The number of benzene rings is 3. The van der Waals surface area contributed by atoms with Gasteiger partial charge in [0.15, 0.2) is 0 Å². The van der Waals surface area contributed by atoms with Crippen molar-refractivity contribution in [2.45, 2.75) is 0 Å². The van der Waals surface area contributed by atoms with Crippen LogP contribution < -0.4 is 5.46 Å². The molecule has 0 aliphatic heterocycles. The smallest absolute Gasteiger partial charge is 0.145 e. The fraction of sp³-hybridized carbons (Fsp3) is 0. The Labute approximate surface area is 164 Å². The van der Waals surface area contributed by atoms with Gasteiger partial charge in [-0.1, -0.05) is 54.0 Å². The molecule has 2 heterocycles. The Bertz CT molecular complexity index is 1260. The van der Waals surface area contributed by atoms with Crippen molar-refractivity contribution in [1.29, 1.82) is 0 Å². The van der Waals surface area contributed by atoms with E-state index in [9.17, 15) is 0 Å². The molecule has 0 N–H and O–H groups in total. The van der Waals surface area contributed by atoms with Gasteiger partial charge in [-0.15, -0.1) is 0 Å². The van der Waals surface area contributed by atoms with Crippen molar-refractivity contribution < 1.29 is 0 Å². The molecule has 0 amide bonds. The maximum absolute atomic E-state index is 4.98. The summed E-state index contributed by atoms with van der Waals surface area (Å²) in [7, 11) is 2.12. The first-order chi connectivity index (χ1) is 13.8. The van der Waals surface area contributed by atoms with Gasteiger partial charge in [0.2, 0.25) is 0 Å². The number of hydrogen-bond acceptors (Lipinski definition) is 2. The number of aromatic nitrogens is 3. The first kappa shape index (κ1) is 16.5. The van der Waals surface area contributed by atoms with Crippen molar-refractivity contribution >= 4 is 24.3 Å². The number of imidazole rings is 1. The zero-order valence-electron chi connectivity index (χ0n) is 15.6. The van der Waals surface area contributed by atoms with Crippen molar-refractivity contribution in [2.24, 2.45) is 0 Å². The van der Waals surface area contributed by atoms with Gasteiger partial charge >= 0.3 is 0 Å². The van der Waals surface area contributed by atoms with Crippen LogP contribution in [0.15, 0.2) is 97.3 Å². The second kappa shape index (κ2) is 6.82. The maximum atomic E-state index is 4.98. The van der Waals surface area contributed by atoms with Crippen LogP contribution in [-0.4, -0.2) is 22.4 Å². The molecule has 3 nitrogen and oxygen atoms in total. The van der Waals surface area contributed by atoms with E-state index >= 15 is 0 Å². The SMILES string of the molecule is Bc1cc(-c2cccnc2)cc(-c2nc3ccccc3n2-c2ccccc2)c1. The average molecular weight is 359 g/mol. The summed E-state index contributed by atoms with van der Waals surface area (Å²) in [4.78, 5) is 9.25. The summed E-state index contributed by atoms with van der Waals surface area (Å²) in [5.41, 5.74) is 7.75. The lowest BCUT2D eigenvalue weighted by Gasteiger charge is -2.12. The molecule has 0 unspecified atom stereocenters. The summed E-state index contributed by atoms with van der Waals surface area (Å²) in [6.07, 6.45) is 3.70. The number of pyridine rings is 1. The van der Waals surface area contributed by atoms with Crippen LogP contribution >= 0.6 is 0 Å². The van der Waals surface area contributed by atoms with E-state index in [1.807, 2.05) is 24.4 Å². The Hall–Kier alpha value is -3.66. The highest BCUT2D eigenvalue weighted by molar-refractivity contribution is 6.33. The molecule has 0 saturated carbocycles. The van der Waals surface area contributed by atoms with E-state index in [1.54, 1.807) is 6.20 Å². The van der Waals surface area contributed by atoms with E-state index < -0.39 is 0 Å². The largest absolute Gasteiger partial charge is 0.292 e. The highest BCUT2D eigenvalue weighted by Gasteiger charge is 2.15. The third-order valence-corrected chi connectivity index (χ3v) is 4.91. The molecule has 132 valence electrons. The van der Waals surface area contributed by atoms with Gasteiger partial charge in [0.1, 0.15) is 13.7 Å². The minimum absolute atomic E-state index is 0.946. The monoisotopic (exact) mass is 359 g/mol. The summed E-state index contributed by atoms with van der Waals surface area (Å²) in [6.45, 7) is 0. The Kier molecular flexibility index (Phi) is 4.02. The van der Waals surface area contributed by atoms with E-state index in [1.165, 1.54) is 5.46 Å². The molecule has 0 saturated heterocycles. The van der Waals surface area contributed by atoms with Crippen LogP contribution in [0.4, 0.5) is 0 Å². The van der Waals surface area contributed by atoms with Crippen LogP contribution in [0.2, 0.25) is 0 Å². The lowest BCUT2D eigenvalue weighted by Crippen LogP contribution is -2.05. The number of para-hydroxylation sites is 3. The van der Waals surface area contributed by atoms with E-state index in [0.29, 0.717) is 0 Å². The normalized spacial score (nSPS) is 11.0. The summed E-state index contributed by atoms with van der Waals surface area (Å²) in [5, 5.41) is 0. The molecular formula is C24H18BN3. The highest BCUT2D eigenvalue weighted by atomic mass is 15.1. The maximum Gasteiger partial charge on any atom is 0.145 e. The van der Waals surface area contributed by atoms with Crippen molar-refractivity contribution in [3.63, 3.8) is 0 Å². The molecule has 0 spiro atoms. The van der Waals surface area contributed by atoms with Gasteiger partial charge in [-0.3, -0.25) is 9.55 Å². The third-order valence-electron chi connectivity index (χ3n) is 4.91. The number of nitrogens with zero attached hydrogens (tertiary/aromatic N) is 3. The van der Waals surface area contributed by atoms with Crippen molar-refractivity contribution in [2.75, 3.05) is 0 Å². The van der Waals surface area contributed by atoms with Gasteiger partial charge in [-0.05, 0) is 47.5 Å². The third kappa shape index (κ3) is 2.89. The lowest BCUT2D eigenvalue weighted by molar-refractivity contribution is 1.10. The van der Waals surface area contributed by atoms with Crippen LogP contribution in [0.5, 0.6) is 0 Å². The van der Waals surface area contributed by atoms with Crippen LogP contribution in [0.3, 0.4) is 0 Å². The molecule has 4 heteroatoms. The number of rotatable bonds is 3. The van der Waals surface area contributed by atoms with Crippen molar-refractivity contribution in [3.05, 3.63) is 97.3 Å². The van der Waals surface area contributed by atoms with Gasteiger partial charge in [0, 0.05) is 23.6 Å². The second-order valence-corrected chi connectivity index (χ2v) is 6.92. The van der Waals surface area contributed by atoms with E-state index in [2.05, 4.69) is 84.1 Å². The predicted molar refractivity (Wildman–Crippen MR) is 118 cm³/mol. The quantitative estimate of drug-likeness (QED) is 0.456. The van der Waals surface area contributed by atoms with E-state index in [4.69, 9.17) is 4.98 Å². The molecule has 2 aromatic heterocycles. The standard InChI is InChI=1S/C24H18BN3/c25-20-14-18(17-7-6-12-26-16-17)13-19(15-20)24-27-22-10-4-5-11-23(22)28(24)21-8-2-1-3-9-21/h1-16H,25H2. The summed E-state index contributed by atoms with van der Waals surface area (Å²) < 4.78 is 2.23. The first-order valence-corrected chi connectivity index (χ1v) is 9.35. The first-order valence-electron chi connectivity index (χ1n) is 9.35. The Morgan fingerprint density at radius 3 is 2.32 bits per heavy atom. The zero-order chi connectivity index (χ0) is 18.9. The molecule has 3 aromatic carbocycles. The molecule has 5 rings (SSSR count). The Balaban J connectivity index is 1.78. The molecule has 5 aromatic rings. The van der Waals surface area contributed by atoms with Crippen LogP contribution in [0.25, 0.3) is 39.2 Å². The number of hydrogen-bond donors (Lipinski definition) is 0. The predicted octanol–water partition coefficient (Wildman–Crippen LogP) is 4.01. The van der Waals surface area contributed by atoms with E-state index in [-0.39, 0.29) is 0 Å². The minimum Gasteiger partial charge on any atom is -0.292 e. The van der Waals surface area contributed by atoms with Gasteiger partial charge in [0.05, 0.1) is 11.0 Å². The number of fused-ring (bicyclic) bond motifs is 1. The molecule has 0 aliphatic carbocycles. The summed E-state index contributed by atoms with van der Waals surface area (Å²) in [6, 6.07) is 29.3. The summed E-state index contributed by atoms with van der Waals surface area (Å²) >= 11 is 0. The summed E-state index contributed by atoms with van der Waals surface area (Å²) in [5.74, 6) is 0.946. The van der Waals surface area contributed by atoms with Gasteiger partial charge < -0.3 is 0 Å².